The van der Waals surface area contributed by atoms with Crippen LogP contribution in [0.1, 0.15) is 73.3 Å². The van der Waals surface area contributed by atoms with Crippen LogP contribution in [-0.2, 0) is 0 Å². The van der Waals surface area contributed by atoms with Gasteiger partial charge in [0.1, 0.15) is 23.0 Å². The van der Waals surface area contributed by atoms with Crippen molar-refractivity contribution in [1.29, 1.82) is 0 Å². The van der Waals surface area contributed by atoms with Crippen molar-refractivity contribution < 1.29 is 38.2 Å². The highest BCUT2D eigenvalue weighted by molar-refractivity contribution is 6.35. The molecule has 2 aliphatic heterocycles. The number of hydrogen-bond acceptors (Lipinski definition) is 8. The zero-order chi connectivity index (χ0) is 42.7. The number of carbonyl (C=O) groups excluding carboxylic acids is 6. The highest BCUT2D eigenvalue weighted by Crippen LogP contribution is 2.36. The summed E-state index contributed by atoms with van der Waals surface area (Å²) in [6, 6.07) is 47.4. The molecule has 7 aromatic rings. The first kappa shape index (κ1) is 38.7. The molecule has 2 aliphatic rings. The molecule has 0 aliphatic carbocycles. The van der Waals surface area contributed by atoms with Crippen LogP contribution in [0, 0.1) is 0 Å². The summed E-state index contributed by atoms with van der Waals surface area (Å²) in [6.45, 7) is 0. The van der Waals surface area contributed by atoms with E-state index in [9.17, 15) is 28.8 Å². The Hall–Kier alpha value is -8.76. The van der Waals surface area contributed by atoms with Crippen molar-refractivity contribution in [3.05, 3.63) is 227 Å². The van der Waals surface area contributed by atoms with Crippen molar-refractivity contribution >= 4 is 58.7 Å². The number of nitrogens with zero attached hydrogens (tertiary/aromatic N) is 2. The molecule has 10 heteroatoms. The first-order chi connectivity index (χ1) is 30.2. The predicted octanol–water partition coefficient (Wildman–Crippen LogP) is 10.7. The SMILES string of the molecule is O=C(C=Cc1ccccc1)c1cccc(N2C(=O)c3ccc(Oc4cccc(Oc5ccc6c(c5)C(=O)N(c5cccc(C(=O)C=Cc7ccccc7)c5)C6=O)c4)cc3C2=O)c1. The summed E-state index contributed by atoms with van der Waals surface area (Å²) in [7, 11) is 0. The molecule has 0 N–H and O–H groups in total. The summed E-state index contributed by atoms with van der Waals surface area (Å²) in [5.41, 5.74) is 3.58. The van der Waals surface area contributed by atoms with Crippen molar-refractivity contribution in [3.8, 4) is 23.0 Å². The third-order valence-corrected chi connectivity index (χ3v) is 10.2. The van der Waals surface area contributed by atoms with Gasteiger partial charge in [-0.3, -0.25) is 28.8 Å². The average Bonchev–Trinajstić information content (AvgIpc) is 3.70. The minimum atomic E-state index is -0.558. The molecule has 9 rings (SSSR count). The Morgan fingerprint density at radius 3 is 1.19 bits per heavy atom. The summed E-state index contributed by atoms with van der Waals surface area (Å²) in [5.74, 6) is -1.42. The number of ether oxygens (including phenoxy) is 2. The van der Waals surface area contributed by atoms with Crippen LogP contribution < -0.4 is 19.3 Å². The number of rotatable bonds is 12. The Balaban J connectivity index is 0.872. The molecular weight excluding hydrogens is 781 g/mol. The molecule has 0 saturated carbocycles. The van der Waals surface area contributed by atoms with Crippen LogP contribution in [-0.4, -0.2) is 35.2 Å². The Kier molecular flexibility index (Phi) is 10.3. The van der Waals surface area contributed by atoms with E-state index in [1.165, 1.54) is 48.6 Å². The zero-order valence-corrected chi connectivity index (χ0v) is 32.6. The highest BCUT2D eigenvalue weighted by Gasteiger charge is 2.38. The van der Waals surface area contributed by atoms with Gasteiger partial charge in [0, 0.05) is 17.2 Å². The quantitative estimate of drug-likeness (QED) is 0.0678. The lowest BCUT2D eigenvalue weighted by Gasteiger charge is -2.14. The van der Waals surface area contributed by atoms with Gasteiger partial charge in [0.25, 0.3) is 23.6 Å². The number of benzene rings is 7. The third-order valence-electron chi connectivity index (χ3n) is 10.2. The predicted molar refractivity (Wildman–Crippen MR) is 234 cm³/mol. The number of anilines is 2. The molecule has 0 spiro atoms. The minimum Gasteiger partial charge on any atom is -0.457 e. The molecule has 7 aromatic carbocycles. The second-order valence-electron chi connectivity index (χ2n) is 14.3. The third kappa shape index (κ3) is 7.74. The van der Waals surface area contributed by atoms with Gasteiger partial charge in [-0.1, -0.05) is 103 Å². The Bertz CT molecular complexity index is 2840. The standard InChI is InChI=1S/C52H32N2O8/c55-47(26-20-33-10-3-1-4-11-33)35-14-7-16-37(28-35)53-49(57)43-24-22-41(31-45(43)51(53)59)61-39-18-9-19-40(30-39)62-42-23-25-44-46(32-42)52(60)54(50(44)58)38-17-8-15-36(29-38)48(56)27-21-34-12-5-2-6-13-34/h1-32H. The van der Waals surface area contributed by atoms with E-state index in [1.54, 1.807) is 84.9 Å². The summed E-state index contributed by atoms with van der Waals surface area (Å²) >= 11 is 0. The van der Waals surface area contributed by atoms with E-state index in [4.69, 9.17) is 9.47 Å². The van der Waals surface area contributed by atoms with Crippen LogP contribution in [0.25, 0.3) is 12.2 Å². The van der Waals surface area contributed by atoms with Gasteiger partial charge in [-0.25, -0.2) is 9.80 Å². The maximum absolute atomic E-state index is 13.7. The average molecular weight is 813 g/mol. The van der Waals surface area contributed by atoms with E-state index >= 15 is 0 Å². The Morgan fingerprint density at radius 1 is 0.371 bits per heavy atom. The van der Waals surface area contributed by atoms with Crippen LogP contribution in [0.2, 0.25) is 0 Å². The number of hydrogen-bond donors (Lipinski definition) is 0. The van der Waals surface area contributed by atoms with Gasteiger partial charge in [0.05, 0.1) is 33.6 Å². The van der Waals surface area contributed by atoms with Crippen molar-refractivity contribution in [2.24, 2.45) is 0 Å². The van der Waals surface area contributed by atoms with E-state index in [0.717, 1.165) is 20.9 Å². The zero-order valence-electron chi connectivity index (χ0n) is 32.6. The lowest BCUT2D eigenvalue weighted by atomic mass is 10.1. The van der Waals surface area contributed by atoms with Crippen molar-refractivity contribution in [2.75, 3.05) is 9.80 Å². The fourth-order valence-electron chi connectivity index (χ4n) is 7.17. The summed E-state index contributed by atoms with van der Waals surface area (Å²) in [5, 5.41) is 0. The molecule has 0 aromatic heterocycles. The van der Waals surface area contributed by atoms with Gasteiger partial charge in [0.15, 0.2) is 11.6 Å². The van der Waals surface area contributed by atoms with E-state index in [-0.39, 0.29) is 45.2 Å². The summed E-state index contributed by atoms with van der Waals surface area (Å²) in [6.07, 6.45) is 6.30. The number of allylic oxidation sites excluding steroid dienone is 2. The van der Waals surface area contributed by atoms with Crippen molar-refractivity contribution in [1.82, 2.24) is 0 Å². The van der Waals surface area contributed by atoms with Gasteiger partial charge in [-0.2, -0.15) is 0 Å². The fourth-order valence-corrected chi connectivity index (χ4v) is 7.17. The highest BCUT2D eigenvalue weighted by atomic mass is 16.5. The lowest BCUT2D eigenvalue weighted by Crippen LogP contribution is -2.29. The molecule has 0 saturated heterocycles. The number of carbonyl (C=O) groups is 6. The van der Waals surface area contributed by atoms with E-state index < -0.39 is 23.6 Å². The van der Waals surface area contributed by atoms with Gasteiger partial charge >= 0.3 is 0 Å². The number of fused-ring (bicyclic) bond motifs is 2. The first-order valence-electron chi connectivity index (χ1n) is 19.5. The second-order valence-corrected chi connectivity index (χ2v) is 14.3. The largest absolute Gasteiger partial charge is 0.457 e. The Morgan fingerprint density at radius 2 is 0.758 bits per heavy atom. The number of imide groups is 2. The minimum absolute atomic E-state index is 0.144. The van der Waals surface area contributed by atoms with Gasteiger partial charge < -0.3 is 9.47 Å². The van der Waals surface area contributed by atoms with Crippen molar-refractivity contribution in [3.63, 3.8) is 0 Å². The maximum Gasteiger partial charge on any atom is 0.266 e. The molecule has 62 heavy (non-hydrogen) atoms. The molecular formula is C52H32N2O8. The molecule has 298 valence electrons. The van der Waals surface area contributed by atoms with Crippen LogP contribution >= 0.6 is 0 Å². The first-order valence-corrected chi connectivity index (χ1v) is 19.5. The molecule has 0 fully saturated rings. The molecule has 0 bridgehead atoms. The molecule has 2 heterocycles. The summed E-state index contributed by atoms with van der Waals surface area (Å²) in [4.78, 5) is 82.3. The van der Waals surface area contributed by atoms with Crippen LogP contribution in [0.3, 0.4) is 0 Å². The van der Waals surface area contributed by atoms with E-state index in [1.807, 2.05) is 60.7 Å². The summed E-state index contributed by atoms with van der Waals surface area (Å²) < 4.78 is 12.2. The second kappa shape index (κ2) is 16.5. The normalized spacial score (nSPS) is 13.2. The van der Waals surface area contributed by atoms with Gasteiger partial charge in [-0.05, 0) is 96.1 Å². The van der Waals surface area contributed by atoms with Gasteiger partial charge in [0.2, 0.25) is 0 Å². The topological polar surface area (TPSA) is 127 Å². The fraction of sp³-hybridized carbons (Fsp3) is 0. The lowest BCUT2D eigenvalue weighted by molar-refractivity contribution is 0.0910. The number of amides is 4. The Labute approximate surface area is 355 Å². The van der Waals surface area contributed by atoms with Gasteiger partial charge in [-0.15, -0.1) is 0 Å². The molecule has 0 unspecified atom stereocenters. The molecule has 0 atom stereocenters. The van der Waals surface area contributed by atoms with Crippen LogP contribution in [0.5, 0.6) is 23.0 Å². The van der Waals surface area contributed by atoms with Crippen LogP contribution in [0.4, 0.5) is 11.4 Å². The van der Waals surface area contributed by atoms with E-state index in [0.29, 0.717) is 34.1 Å². The van der Waals surface area contributed by atoms with E-state index in [2.05, 4.69) is 0 Å². The van der Waals surface area contributed by atoms with Crippen molar-refractivity contribution in [2.45, 2.75) is 0 Å². The smallest absolute Gasteiger partial charge is 0.266 e. The maximum atomic E-state index is 13.7. The van der Waals surface area contributed by atoms with Crippen LogP contribution in [0.15, 0.2) is 182 Å². The molecule has 0 radical (unpaired) electrons. The monoisotopic (exact) mass is 812 g/mol. The molecule has 4 amide bonds. The molecule has 10 nitrogen and oxygen atoms in total. The number of ketones is 2.